The number of halogens is 3. The second-order valence-electron chi connectivity index (χ2n) is 8.31. The summed E-state index contributed by atoms with van der Waals surface area (Å²) < 4.78 is 10.8. The number of carbonyl (C=O) groups is 1. The molecule has 0 atom stereocenters. The Labute approximate surface area is 230 Å². The Morgan fingerprint density at radius 2 is 1.56 bits per heavy atom. The average molecular weight is 553 g/mol. The lowest BCUT2D eigenvalue weighted by atomic mass is 10.1. The molecule has 36 heavy (non-hydrogen) atoms. The van der Waals surface area contributed by atoms with Crippen molar-refractivity contribution in [3.05, 3.63) is 88.4 Å². The Bertz CT molecular complexity index is 1120. The zero-order chi connectivity index (χ0) is 23.9. The van der Waals surface area contributed by atoms with E-state index in [1.807, 2.05) is 18.2 Å². The number of carbonyl (C=O) groups excluding carboxylic acids is 1. The number of rotatable bonds is 8. The van der Waals surface area contributed by atoms with Gasteiger partial charge in [0.05, 0.1) is 14.2 Å². The third-order valence-electron chi connectivity index (χ3n) is 6.06. The van der Waals surface area contributed by atoms with E-state index in [0.29, 0.717) is 17.1 Å². The maximum absolute atomic E-state index is 12.4. The van der Waals surface area contributed by atoms with Gasteiger partial charge in [0.2, 0.25) is 0 Å². The second kappa shape index (κ2) is 14.2. The molecule has 6 nitrogen and oxygen atoms in total. The Kier molecular flexibility index (Phi) is 11.7. The molecule has 0 saturated carbocycles. The van der Waals surface area contributed by atoms with Gasteiger partial charge in [0, 0.05) is 55.5 Å². The SMILES string of the molecule is COc1ccc(CN2CCN(c3cccc(CNC(=O)c4ccc(Cl)cc4)c3)CC2)cc1OC.Cl.Cl. The molecule has 1 heterocycles. The van der Waals surface area contributed by atoms with Crippen LogP contribution in [0, 0.1) is 0 Å². The summed E-state index contributed by atoms with van der Waals surface area (Å²) >= 11 is 5.90. The fourth-order valence-electron chi connectivity index (χ4n) is 4.15. The van der Waals surface area contributed by atoms with Gasteiger partial charge in [-0.25, -0.2) is 0 Å². The first kappa shape index (κ1) is 29.6. The summed E-state index contributed by atoms with van der Waals surface area (Å²) in [6.07, 6.45) is 0. The largest absolute Gasteiger partial charge is 0.493 e. The number of hydrogen-bond acceptors (Lipinski definition) is 5. The molecular formula is C27H32Cl3N3O3. The van der Waals surface area contributed by atoms with Gasteiger partial charge < -0.3 is 19.7 Å². The molecule has 9 heteroatoms. The maximum atomic E-state index is 12.4. The monoisotopic (exact) mass is 551 g/mol. The maximum Gasteiger partial charge on any atom is 0.251 e. The van der Waals surface area contributed by atoms with Crippen LogP contribution in [0.4, 0.5) is 5.69 Å². The first-order chi connectivity index (χ1) is 16.6. The summed E-state index contributed by atoms with van der Waals surface area (Å²) in [7, 11) is 3.32. The minimum absolute atomic E-state index is 0. The smallest absolute Gasteiger partial charge is 0.251 e. The van der Waals surface area contributed by atoms with Gasteiger partial charge >= 0.3 is 0 Å². The van der Waals surface area contributed by atoms with E-state index in [2.05, 4.69) is 39.4 Å². The lowest BCUT2D eigenvalue weighted by Gasteiger charge is -2.36. The fourth-order valence-corrected chi connectivity index (χ4v) is 4.28. The van der Waals surface area contributed by atoms with Crippen LogP contribution in [0.3, 0.4) is 0 Å². The summed E-state index contributed by atoms with van der Waals surface area (Å²) in [6.45, 7) is 5.22. The lowest BCUT2D eigenvalue weighted by molar-refractivity contribution is 0.0951. The van der Waals surface area contributed by atoms with Crippen molar-refractivity contribution in [2.75, 3.05) is 45.3 Å². The highest BCUT2D eigenvalue weighted by Gasteiger charge is 2.18. The average Bonchev–Trinajstić information content (AvgIpc) is 2.88. The summed E-state index contributed by atoms with van der Waals surface area (Å²) in [6, 6.07) is 21.4. The van der Waals surface area contributed by atoms with Crippen LogP contribution in [0.15, 0.2) is 66.7 Å². The van der Waals surface area contributed by atoms with Crippen molar-refractivity contribution in [1.82, 2.24) is 10.2 Å². The third kappa shape index (κ3) is 7.68. The number of ether oxygens (including phenoxy) is 2. The molecule has 1 N–H and O–H groups in total. The number of nitrogens with one attached hydrogen (secondary N) is 1. The molecule has 0 bridgehead atoms. The van der Waals surface area contributed by atoms with Crippen molar-refractivity contribution in [3.8, 4) is 11.5 Å². The second-order valence-corrected chi connectivity index (χ2v) is 8.75. The Hall–Kier alpha value is -2.64. The van der Waals surface area contributed by atoms with Crippen molar-refractivity contribution in [2.24, 2.45) is 0 Å². The third-order valence-corrected chi connectivity index (χ3v) is 6.31. The molecule has 0 spiro atoms. The topological polar surface area (TPSA) is 54.0 Å². The molecule has 1 aliphatic rings. The van der Waals surface area contributed by atoms with Crippen LogP contribution in [0.2, 0.25) is 5.02 Å². The quantitative estimate of drug-likeness (QED) is 0.403. The molecule has 0 aromatic heterocycles. The number of amides is 1. The Morgan fingerprint density at radius 1 is 0.861 bits per heavy atom. The molecule has 3 aromatic rings. The molecule has 194 valence electrons. The first-order valence-electron chi connectivity index (χ1n) is 11.4. The minimum atomic E-state index is -0.106. The van der Waals surface area contributed by atoms with Crippen molar-refractivity contribution < 1.29 is 14.3 Å². The molecule has 0 aliphatic carbocycles. The predicted octanol–water partition coefficient (Wildman–Crippen LogP) is 5.45. The first-order valence-corrected chi connectivity index (χ1v) is 11.7. The van der Waals surface area contributed by atoms with E-state index in [1.54, 1.807) is 38.5 Å². The number of methoxy groups -OCH3 is 2. The van der Waals surface area contributed by atoms with Crippen LogP contribution < -0.4 is 19.7 Å². The van der Waals surface area contributed by atoms with Crippen molar-refractivity contribution in [2.45, 2.75) is 13.1 Å². The van der Waals surface area contributed by atoms with E-state index >= 15 is 0 Å². The van der Waals surface area contributed by atoms with Crippen LogP contribution in [-0.2, 0) is 13.1 Å². The van der Waals surface area contributed by atoms with Crippen molar-refractivity contribution >= 4 is 48.0 Å². The molecule has 0 radical (unpaired) electrons. The lowest BCUT2D eigenvalue weighted by Crippen LogP contribution is -2.46. The van der Waals surface area contributed by atoms with Crippen LogP contribution in [0.1, 0.15) is 21.5 Å². The highest BCUT2D eigenvalue weighted by Crippen LogP contribution is 2.28. The van der Waals surface area contributed by atoms with Crippen LogP contribution in [0.25, 0.3) is 0 Å². The summed E-state index contributed by atoms with van der Waals surface area (Å²) in [4.78, 5) is 17.2. The number of nitrogens with zero attached hydrogens (tertiary/aromatic N) is 2. The van der Waals surface area contributed by atoms with Gasteiger partial charge in [-0.2, -0.15) is 0 Å². The standard InChI is InChI=1S/C27H30ClN3O3.2ClH/c1-33-25-11-6-21(17-26(25)34-2)19-30-12-14-31(15-13-30)24-5-3-4-20(16-24)18-29-27(32)22-7-9-23(28)10-8-22;;/h3-11,16-17H,12-15,18-19H2,1-2H3,(H,29,32);2*1H. The Balaban J connectivity index is 0.00000228. The molecule has 3 aromatic carbocycles. The molecule has 1 fully saturated rings. The van der Waals surface area contributed by atoms with E-state index in [-0.39, 0.29) is 30.7 Å². The van der Waals surface area contributed by atoms with Gasteiger partial charge in [-0.15, -0.1) is 24.8 Å². The number of piperazine rings is 1. The van der Waals surface area contributed by atoms with Gasteiger partial charge in [0.25, 0.3) is 5.91 Å². The van der Waals surface area contributed by atoms with E-state index in [0.717, 1.165) is 49.8 Å². The normalized spacial score (nSPS) is 13.2. The molecular weight excluding hydrogens is 521 g/mol. The molecule has 1 aliphatic heterocycles. The summed E-state index contributed by atoms with van der Waals surface area (Å²) in [5.74, 6) is 1.41. The number of benzene rings is 3. The highest BCUT2D eigenvalue weighted by atomic mass is 35.5. The molecule has 4 rings (SSSR count). The Morgan fingerprint density at radius 3 is 2.22 bits per heavy atom. The summed E-state index contributed by atoms with van der Waals surface area (Å²) in [5.41, 5.74) is 4.08. The van der Waals surface area contributed by atoms with E-state index < -0.39 is 0 Å². The van der Waals surface area contributed by atoms with Gasteiger partial charge in [0.1, 0.15) is 0 Å². The van der Waals surface area contributed by atoms with Gasteiger partial charge in [0.15, 0.2) is 11.5 Å². The van der Waals surface area contributed by atoms with Crippen LogP contribution >= 0.6 is 36.4 Å². The molecule has 1 saturated heterocycles. The predicted molar refractivity (Wildman–Crippen MR) is 151 cm³/mol. The zero-order valence-corrected chi connectivity index (χ0v) is 22.8. The van der Waals surface area contributed by atoms with Gasteiger partial charge in [-0.3, -0.25) is 9.69 Å². The minimum Gasteiger partial charge on any atom is -0.493 e. The number of hydrogen-bond donors (Lipinski definition) is 1. The zero-order valence-electron chi connectivity index (χ0n) is 20.4. The fraction of sp³-hybridized carbons (Fsp3) is 0.296. The highest BCUT2D eigenvalue weighted by molar-refractivity contribution is 6.30. The van der Waals surface area contributed by atoms with E-state index in [1.165, 1.54) is 11.3 Å². The molecule has 0 unspecified atom stereocenters. The van der Waals surface area contributed by atoms with Crippen molar-refractivity contribution in [3.63, 3.8) is 0 Å². The summed E-state index contributed by atoms with van der Waals surface area (Å²) in [5, 5.41) is 3.61. The van der Waals surface area contributed by atoms with Crippen molar-refractivity contribution in [1.29, 1.82) is 0 Å². The van der Waals surface area contributed by atoms with E-state index in [9.17, 15) is 4.79 Å². The van der Waals surface area contributed by atoms with Crippen LogP contribution in [0.5, 0.6) is 11.5 Å². The van der Waals surface area contributed by atoms with Gasteiger partial charge in [-0.1, -0.05) is 29.8 Å². The van der Waals surface area contributed by atoms with E-state index in [4.69, 9.17) is 21.1 Å². The van der Waals surface area contributed by atoms with Gasteiger partial charge in [-0.05, 0) is 59.7 Å². The van der Waals surface area contributed by atoms with Crippen LogP contribution in [-0.4, -0.2) is 51.2 Å². The number of anilines is 1. The molecule has 1 amide bonds.